The number of imide groups is 1. The molecule has 0 saturated carbocycles. The van der Waals surface area contributed by atoms with E-state index in [4.69, 9.17) is 4.74 Å². The molecule has 1 saturated heterocycles. The van der Waals surface area contributed by atoms with Crippen LogP contribution >= 0.6 is 0 Å². The largest absolute Gasteiger partial charge is 0.497 e. The molecule has 22 heavy (non-hydrogen) atoms. The molecule has 1 unspecified atom stereocenters. The SMILES string of the molecule is COc1ccc2c(c1)CCC1=C2CCC2(C)C(=O)NC(=O)N12. The first-order valence-electron chi connectivity index (χ1n) is 7.59. The number of amides is 3. The number of carbonyl (C=O) groups is 2. The third kappa shape index (κ3) is 1.59. The van der Waals surface area contributed by atoms with Crippen molar-refractivity contribution in [1.29, 1.82) is 0 Å². The Kier molecular flexibility index (Phi) is 2.64. The van der Waals surface area contributed by atoms with Gasteiger partial charge in [0.2, 0.25) is 0 Å². The van der Waals surface area contributed by atoms with Gasteiger partial charge in [-0.1, -0.05) is 6.07 Å². The van der Waals surface area contributed by atoms with Gasteiger partial charge in [-0.25, -0.2) is 4.79 Å². The number of nitrogens with zero attached hydrogens (tertiary/aromatic N) is 1. The Bertz CT molecular complexity index is 737. The van der Waals surface area contributed by atoms with Gasteiger partial charge in [0.25, 0.3) is 5.91 Å². The Morgan fingerprint density at radius 3 is 2.82 bits per heavy atom. The zero-order chi connectivity index (χ0) is 15.5. The Labute approximate surface area is 128 Å². The molecule has 114 valence electrons. The summed E-state index contributed by atoms with van der Waals surface area (Å²) < 4.78 is 5.30. The van der Waals surface area contributed by atoms with Crippen molar-refractivity contribution in [3.05, 3.63) is 35.0 Å². The van der Waals surface area contributed by atoms with Gasteiger partial charge >= 0.3 is 6.03 Å². The minimum Gasteiger partial charge on any atom is -0.497 e. The maximum Gasteiger partial charge on any atom is 0.329 e. The van der Waals surface area contributed by atoms with Crippen molar-refractivity contribution in [2.75, 3.05) is 7.11 Å². The van der Waals surface area contributed by atoms with Crippen molar-refractivity contribution >= 4 is 17.5 Å². The topological polar surface area (TPSA) is 58.6 Å². The molecule has 1 aromatic carbocycles. The Balaban J connectivity index is 1.85. The fourth-order valence-corrected chi connectivity index (χ4v) is 3.91. The van der Waals surface area contributed by atoms with Crippen molar-refractivity contribution < 1.29 is 14.3 Å². The number of allylic oxidation sites excluding steroid dienone is 2. The third-order valence-corrected chi connectivity index (χ3v) is 5.15. The van der Waals surface area contributed by atoms with Crippen LogP contribution < -0.4 is 10.1 Å². The average molecular weight is 298 g/mol. The second kappa shape index (κ2) is 4.35. The van der Waals surface area contributed by atoms with Crippen molar-refractivity contribution in [3.63, 3.8) is 0 Å². The maximum atomic E-state index is 12.2. The van der Waals surface area contributed by atoms with Gasteiger partial charge in [-0.2, -0.15) is 0 Å². The van der Waals surface area contributed by atoms with Crippen molar-refractivity contribution in [2.45, 2.75) is 38.1 Å². The van der Waals surface area contributed by atoms with E-state index in [1.54, 1.807) is 12.0 Å². The van der Waals surface area contributed by atoms with Crippen molar-refractivity contribution in [3.8, 4) is 5.75 Å². The summed E-state index contributed by atoms with van der Waals surface area (Å²) in [5.74, 6) is 0.683. The number of carbonyl (C=O) groups excluding carboxylic acids is 2. The van der Waals surface area contributed by atoms with Gasteiger partial charge in [-0.3, -0.25) is 15.0 Å². The number of aryl methyl sites for hydroxylation is 1. The van der Waals surface area contributed by atoms with E-state index in [9.17, 15) is 9.59 Å². The van der Waals surface area contributed by atoms with E-state index in [1.165, 1.54) is 16.7 Å². The number of ether oxygens (including phenoxy) is 1. The van der Waals surface area contributed by atoms with Gasteiger partial charge < -0.3 is 4.74 Å². The summed E-state index contributed by atoms with van der Waals surface area (Å²) in [5.41, 5.74) is 3.93. The molecule has 1 aromatic rings. The second-order valence-corrected chi connectivity index (χ2v) is 6.32. The lowest BCUT2D eigenvalue weighted by Gasteiger charge is -2.41. The highest BCUT2D eigenvalue weighted by Crippen LogP contribution is 2.46. The molecular weight excluding hydrogens is 280 g/mol. The molecule has 1 N–H and O–H groups in total. The molecule has 0 bridgehead atoms. The average Bonchev–Trinajstić information content (AvgIpc) is 2.76. The zero-order valence-corrected chi connectivity index (χ0v) is 12.7. The molecule has 5 nitrogen and oxygen atoms in total. The van der Waals surface area contributed by atoms with Crippen LogP contribution in [0.1, 0.15) is 37.3 Å². The number of hydrogen-bond donors (Lipinski definition) is 1. The fourth-order valence-electron chi connectivity index (χ4n) is 3.91. The van der Waals surface area contributed by atoms with E-state index in [1.807, 2.05) is 13.0 Å². The predicted molar refractivity (Wildman–Crippen MR) is 81.3 cm³/mol. The van der Waals surface area contributed by atoms with E-state index in [0.29, 0.717) is 6.42 Å². The number of fused-ring (bicyclic) bond motifs is 4. The third-order valence-electron chi connectivity index (χ3n) is 5.15. The van der Waals surface area contributed by atoms with Gasteiger partial charge in [-0.05, 0) is 61.4 Å². The predicted octanol–water partition coefficient (Wildman–Crippen LogP) is 2.46. The Morgan fingerprint density at radius 2 is 2.05 bits per heavy atom. The molecule has 0 radical (unpaired) electrons. The van der Waals surface area contributed by atoms with Crippen LogP contribution in [0.25, 0.3) is 5.57 Å². The molecule has 3 aliphatic rings. The second-order valence-electron chi connectivity index (χ2n) is 6.32. The van der Waals surface area contributed by atoms with E-state index >= 15 is 0 Å². The summed E-state index contributed by atoms with van der Waals surface area (Å²) in [5, 5.41) is 2.47. The Morgan fingerprint density at radius 1 is 1.23 bits per heavy atom. The van der Waals surface area contributed by atoms with Crippen LogP contribution in [0.3, 0.4) is 0 Å². The monoisotopic (exact) mass is 298 g/mol. The first-order valence-corrected chi connectivity index (χ1v) is 7.59. The van der Waals surface area contributed by atoms with Gasteiger partial charge in [0.15, 0.2) is 0 Å². The van der Waals surface area contributed by atoms with E-state index in [2.05, 4.69) is 17.4 Å². The van der Waals surface area contributed by atoms with Crippen molar-refractivity contribution in [1.82, 2.24) is 10.2 Å². The minimum atomic E-state index is -0.722. The molecule has 2 heterocycles. The van der Waals surface area contributed by atoms with Crippen molar-refractivity contribution in [2.24, 2.45) is 0 Å². The smallest absolute Gasteiger partial charge is 0.329 e. The van der Waals surface area contributed by atoms with Gasteiger partial charge in [0, 0.05) is 5.70 Å². The van der Waals surface area contributed by atoms with E-state index in [0.717, 1.165) is 30.7 Å². The molecule has 5 heteroatoms. The molecule has 2 aliphatic heterocycles. The number of benzene rings is 1. The summed E-state index contributed by atoms with van der Waals surface area (Å²) >= 11 is 0. The van der Waals surface area contributed by atoms with Crippen LogP contribution in [0.5, 0.6) is 5.75 Å². The van der Waals surface area contributed by atoms with Crippen LogP contribution in [0, 0.1) is 0 Å². The Hall–Kier alpha value is -2.30. The number of methoxy groups -OCH3 is 1. The summed E-state index contributed by atoms with van der Waals surface area (Å²) in [7, 11) is 1.67. The molecule has 3 amide bonds. The van der Waals surface area contributed by atoms with Crippen LogP contribution in [-0.2, 0) is 11.2 Å². The summed E-state index contributed by atoms with van der Waals surface area (Å²) in [6, 6.07) is 5.82. The summed E-state index contributed by atoms with van der Waals surface area (Å²) in [6.45, 7) is 1.86. The number of hydrogen-bond acceptors (Lipinski definition) is 3. The molecular formula is C17H18N2O3. The molecule has 1 atom stereocenters. The molecule has 1 aliphatic carbocycles. The standard InChI is InChI=1S/C17H18N2O3/c1-17-8-7-13-12-5-4-11(22-2)9-10(12)3-6-14(13)19(17)16(21)18-15(17)20/h4-5,9H,3,6-8H2,1-2H3,(H,18,20,21). The lowest BCUT2D eigenvalue weighted by Crippen LogP contribution is -2.49. The zero-order valence-electron chi connectivity index (χ0n) is 12.7. The molecule has 1 fully saturated rings. The highest BCUT2D eigenvalue weighted by atomic mass is 16.5. The maximum absolute atomic E-state index is 12.2. The fraction of sp³-hybridized carbons (Fsp3) is 0.412. The summed E-state index contributed by atoms with van der Waals surface area (Å²) in [6.07, 6.45) is 3.13. The normalized spacial score (nSPS) is 26.4. The molecule has 0 spiro atoms. The highest BCUT2D eigenvalue weighted by molar-refractivity contribution is 6.08. The van der Waals surface area contributed by atoms with Crippen LogP contribution in [0.4, 0.5) is 4.79 Å². The van der Waals surface area contributed by atoms with E-state index < -0.39 is 5.54 Å². The quantitative estimate of drug-likeness (QED) is 0.810. The highest BCUT2D eigenvalue weighted by Gasteiger charge is 2.53. The first-order chi connectivity index (χ1) is 10.5. The van der Waals surface area contributed by atoms with E-state index in [-0.39, 0.29) is 11.9 Å². The molecule has 0 aromatic heterocycles. The van der Waals surface area contributed by atoms with Crippen LogP contribution in [0.2, 0.25) is 0 Å². The van der Waals surface area contributed by atoms with Gasteiger partial charge in [0.1, 0.15) is 11.3 Å². The summed E-state index contributed by atoms with van der Waals surface area (Å²) in [4.78, 5) is 26.1. The molecule has 4 rings (SSSR count). The number of urea groups is 1. The lowest BCUT2D eigenvalue weighted by atomic mass is 9.78. The minimum absolute atomic E-state index is 0.176. The number of nitrogens with one attached hydrogen (secondary N) is 1. The van der Waals surface area contributed by atoms with Gasteiger partial charge in [-0.15, -0.1) is 0 Å². The van der Waals surface area contributed by atoms with Crippen LogP contribution in [0.15, 0.2) is 23.9 Å². The van der Waals surface area contributed by atoms with Crippen LogP contribution in [-0.4, -0.2) is 29.5 Å². The number of rotatable bonds is 1. The lowest BCUT2D eigenvalue weighted by molar-refractivity contribution is -0.125. The first kappa shape index (κ1) is 13.4. The van der Waals surface area contributed by atoms with Gasteiger partial charge in [0.05, 0.1) is 7.11 Å².